The molecule has 2 fully saturated rings. The summed E-state index contributed by atoms with van der Waals surface area (Å²) < 4.78 is 0. The number of para-hydroxylation sites is 1. The quantitative estimate of drug-likeness (QED) is 0.616. The first-order valence-electron chi connectivity index (χ1n) is 8.40. The van der Waals surface area contributed by atoms with Gasteiger partial charge in [0, 0.05) is 18.7 Å². The summed E-state index contributed by atoms with van der Waals surface area (Å²) in [6.45, 7) is 2.08. The highest BCUT2D eigenvalue weighted by Crippen LogP contribution is 2.35. The number of nitro groups is 1. The molecule has 0 bridgehead atoms. The first-order chi connectivity index (χ1) is 10.8. The van der Waals surface area contributed by atoms with E-state index in [0.717, 1.165) is 18.5 Å². The molecule has 1 aromatic rings. The van der Waals surface area contributed by atoms with Gasteiger partial charge < -0.3 is 0 Å². The third kappa shape index (κ3) is 3.38. The summed E-state index contributed by atoms with van der Waals surface area (Å²) >= 11 is 0. The standard InChI is InChI=1S/C18H24N2O2/c21-20(22)18-12-4-2-8-16(18)10-6-14-19-13-5-9-15-7-1-3-11-17(15)19/h2,4,6,8,10,12,15,17H,1,3,5,7,9,11,13-14H2/b10-6+/t15-,17+/m0/s1. The third-order valence-electron chi connectivity index (χ3n) is 5.13. The molecule has 1 aromatic carbocycles. The van der Waals surface area contributed by atoms with E-state index in [4.69, 9.17) is 0 Å². The number of hydrogen-bond donors (Lipinski definition) is 0. The van der Waals surface area contributed by atoms with Crippen molar-refractivity contribution in [3.05, 3.63) is 46.0 Å². The van der Waals surface area contributed by atoms with Gasteiger partial charge in [0.15, 0.2) is 0 Å². The van der Waals surface area contributed by atoms with Gasteiger partial charge in [-0.1, -0.05) is 37.1 Å². The van der Waals surface area contributed by atoms with E-state index in [9.17, 15) is 10.1 Å². The van der Waals surface area contributed by atoms with Crippen LogP contribution in [0.4, 0.5) is 5.69 Å². The minimum atomic E-state index is -0.308. The first-order valence-corrected chi connectivity index (χ1v) is 8.40. The smallest absolute Gasteiger partial charge is 0.276 e. The number of fused-ring (bicyclic) bond motifs is 1. The third-order valence-corrected chi connectivity index (χ3v) is 5.13. The first kappa shape index (κ1) is 15.2. The number of hydrogen-bond acceptors (Lipinski definition) is 3. The van der Waals surface area contributed by atoms with Crippen molar-refractivity contribution in [2.45, 2.75) is 44.6 Å². The van der Waals surface area contributed by atoms with Crippen molar-refractivity contribution in [3.8, 4) is 0 Å². The summed E-state index contributed by atoms with van der Waals surface area (Å²) in [6.07, 6.45) is 12.1. The Bertz CT molecular complexity index is 554. The molecular weight excluding hydrogens is 276 g/mol. The Morgan fingerprint density at radius 1 is 1.18 bits per heavy atom. The lowest BCUT2D eigenvalue weighted by Crippen LogP contribution is -2.46. The SMILES string of the molecule is O=[N+]([O-])c1ccccc1/C=C/CN1CCC[C@@H]2CCCC[C@H]21. The zero-order valence-corrected chi connectivity index (χ0v) is 13.0. The van der Waals surface area contributed by atoms with Gasteiger partial charge in [-0.3, -0.25) is 15.0 Å². The van der Waals surface area contributed by atoms with E-state index < -0.39 is 0 Å². The summed E-state index contributed by atoms with van der Waals surface area (Å²) in [5.41, 5.74) is 0.887. The van der Waals surface area contributed by atoms with Gasteiger partial charge in [0.25, 0.3) is 5.69 Å². The molecule has 1 saturated carbocycles. The molecule has 0 amide bonds. The van der Waals surface area contributed by atoms with E-state index >= 15 is 0 Å². The van der Waals surface area contributed by atoms with Gasteiger partial charge in [-0.05, 0) is 44.2 Å². The fraction of sp³-hybridized carbons (Fsp3) is 0.556. The second kappa shape index (κ2) is 7.05. The Kier molecular flexibility index (Phi) is 4.88. The monoisotopic (exact) mass is 300 g/mol. The highest BCUT2D eigenvalue weighted by molar-refractivity contribution is 5.60. The summed E-state index contributed by atoms with van der Waals surface area (Å²) in [4.78, 5) is 13.3. The fourth-order valence-electron chi connectivity index (χ4n) is 4.06. The van der Waals surface area contributed by atoms with Gasteiger partial charge in [-0.25, -0.2) is 0 Å². The molecule has 3 rings (SSSR count). The molecule has 22 heavy (non-hydrogen) atoms. The minimum absolute atomic E-state index is 0.188. The van der Waals surface area contributed by atoms with Gasteiger partial charge in [0.1, 0.15) is 0 Å². The lowest BCUT2D eigenvalue weighted by Gasteiger charge is -2.43. The van der Waals surface area contributed by atoms with E-state index in [1.165, 1.54) is 45.1 Å². The molecule has 0 radical (unpaired) electrons. The lowest BCUT2D eigenvalue weighted by atomic mass is 9.78. The number of rotatable bonds is 4. The molecule has 118 valence electrons. The van der Waals surface area contributed by atoms with Crippen molar-refractivity contribution in [1.29, 1.82) is 0 Å². The van der Waals surface area contributed by atoms with Crippen LogP contribution in [0.5, 0.6) is 0 Å². The van der Waals surface area contributed by atoms with E-state index in [2.05, 4.69) is 11.0 Å². The van der Waals surface area contributed by atoms with Gasteiger partial charge >= 0.3 is 0 Å². The van der Waals surface area contributed by atoms with Crippen LogP contribution in [0.3, 0.4) is 0 Å². The number of benzene rings is 1. The largest absolute Gasteiger partial charge is 0.296 e. The van der Waals surface area contributed by atoms with Crippen LogP contribution < -0.4 is 0 Å². The number of likely N-dealkylation sites (tertiary alicyclic amines) is 1. The maximum absolute atomic E-state index is 11.0. The molecule has 4 heteroatoms. The molecule has 0 aromatic heterocycles. The van der Waals surface area contributed by atoms with Crippen LogP contribution in [0.1, 0.15) is 44.1 Å². The topological polar surface area (TPSA) is 46.4 Å². The number of piperidine rings is 1. The second-order valence-corrected chi connectivity index (χ2v) is 6.47. The highest BCUT2D eigenvalue weighted by atomic mass is 16.6. The van der Waals surface area contributed by atoms with E-state index in [1.807, 2.05) is 18.2 Å². The number of nitro benzene ring substituents is 1. The summed E-state index contributed by atoms with van der Waals surface area (Å²) in [6, 6.07) is 7.68. The predicted octanol–water partition coefficient (Wildman–Crippen LogP) is 4.26. The average Bonchev–Trinajstić information content (AvgIpc) is 2.55. The fourth-order valence-corrected chi connectivity index (χ4v) is 4.06. The minimum Gasteiger partial charge on any atom is -0.296 e. The molecule has 1 aliphatic carbocycles. The van der Waals surface area contributed by atoms with Gasteiger partial charge in [-0.2, -0.15) is 0 Å². The van der Waals surface area contributed by atoms with Crippen LogP contribution in [0.25, 0.3) is 6.08 Å². The van der Waals surface area contributed by atoms with Crippen LogP contribution >= 0.6 is 0 Å². The second-order valence-electron chi connectivity index (χ2n) is 6.47. The Labute approximate surface area is 132 Å². The molecule has 2 atom stereocenters. The Morgan fingerprint density at radius 3 is 2.82 bits per heavy atom. The average molecular weight is 300 g/mol. The maximum atomic E-state index is 11.0. The Hall–Kier alpha value is -1.68. The highest BCUT2D eigenvalue weighted by Gasteiger charge is 2.32. The predicted molar refractivity (Wildman–Crippen MR) is 88.7 cm³/mol. The van der Waals surface area contributed by atoms with Crippen LogP contribution in [0.2, 0.25) is 0 Å². The zero-order valence-electron chi connectivity index (χ0n) is 13.0. The van der Waals surface area contributed by atoms with E-state index in [1.54, 1.807) is 12.1 Å². The molecule has 0 unspecified atom stereocenters. The molecule has 1 heterocycles. The zero-order chi connectivity index (χ0) is 15.4. The molecule has 0 N–H and O–H groups in total. The Balaban J connectivity index is 1.65. The van der Waals surface area contributed by atoms with Crippen LogP contribution in [0.15, 0.2) is 30.3 Å². The van der Waals surface area contributed by atoms with Crippen LogP contribution in [0, 0.1) is 16.0 Å². The maximum Gasteiger partial charge on any atom is 0.276 e. The molecule has 2 aliphatic rings. The normalized spacial score (nSPS) is 26.0. The molecular formula is C18H24N2O2. The van der Waals surface area contributed by atoms with Crippen LogP contribution in [-0.4, -0.2) is 29.0 Å². The van der Waals surface area contributed by atoms with Crippen molar-refractivity contribution in [2.75, 3.05) is 13.1 Å². The molecule has 1 saturated heterocycles. The lowest BCUT2D eigenvalue weighted by molar-refractivity contribution is -0.385. The number of nitrogens with zero attached hydrogens (tertiary/aromatic N) is 2. The molecule has 1 aliphatic heterocycles. The van der Waals surface area contributed by atoms with Gasteiger partial charge in [0.05, 0.1) is 10.5 Å². The van der Waals surface area contributed by atoms with Crippen molar-refractivity contribution >= 4 is 11.8 Å². The van der Waals surface area contributed by atoms with Gasteiger partial charge in [-0.15, -0.1) is 0 Å². The van der Waals surface area contributed by atoms with E-state index in [0.29, 0.717) is 5.56 Å². The molecule has 4 nitrogen and oxygen atoms in total. The molecule has 0 spiro atoms. The summed E-state index contributed by atoms with van der Waals surface area (Å²) in [5.74, 6) is 0.877. The van der Waals surface area contributed by atoms with Crippen molar-refractivity contribution < 1.29 is 4.92 Å². The van der Waals surface area contributed by atoms with Crippen LogP contribution in [-0.2, 0) is 0 Å². The van der Waals surface area contributed by atoms with Crippen molar-refractivity contribution in [2.24, 2.45) is 5.92 Å². The summed E-state index contributed by atoms with van der Waals surface area (Å²) in [7, 11) is 0. The van der Waals surface area contributed by atoms with Crippen molar-refractivity contribution in [1.82, 2.24) is 4.90 Å². The van der Waals surface area contributed by atoms with Crippen molar-refractivity contribution in [3.63, 3.8) is 0 Å². The summed E-state index contributed by atoms with van der Waals surface area (Å²) in [5, 5.41) is 11.0. The van der Waals surface area contributed by atoms with Gasteiger partial charge in [0.2, 0.25) is 0 Å². The Morgan fingerprint density at radius 2 is 1.95 bits per heavy atom. The van der Waals surface area contributed by atoms with E-state index in [-0.39, 0.29) is 10.6 Å².